The molecule has 4 rings (SSSR count). The number of nitrogens with zero attached hydrogens (tertiary/aromatic N) is 6. The van der Waals surface area contributed by atoms with Crippen LogP contribution in [0.15, 0.2) is 42.6 Å². The van der Waals surface area contributed by atoms with Gasteiger partial charge >= 0.3 is 0 Å². The molecule has 9 heteroatoms. The predicted molar refractivity (Wildman–Crippen MR) is 107 cm³/mol. The van der Waals surface area contributed by atoms with Crippen molar-refractivity contribution < 1.29 is 5.11 Å². The van der Waals surface area contributed by atoms with E-state index in [4.69, 9.17) is 17.3 Å². The Morgan fingerprint density at radius 2 is 1.89 bits per heavy atom. The van der Waals surface area contributed by atoms with Crippen LogP contribution < -0.4 is 5.73 Å². The Labute approximate surface area is 166 Å². The summed E-state index contributed by atoms with van der Waals surface area (Å²) in [4.78, 5) is 13.0. The number of fused-ring (bicyclic) bond motifs is 1. The molecule has 4 aromatic rings. The maximum atomic E-state index is 10.1. The highest BCUT2D eigenvalue weighted by molar-refractivity contribution is 6.35. The molecular weight excluding hydrogens is 378 g/mol. The van der Waals surface area contributed by atoms with Crippen LogP contribution >= 0.6 is 11.6 Å². The van der Waals surface area contributed by atoms with E-state index in [0.717, 1.165) is 11.1 Å². The number of aromatic nitrogens is 6. The first-order valence-corrected chi connectivity index (χ1v) is 9.00. The largest absolute Gasteiger partial charge is 0.384 e. The van der Waals surface area contributed by atoms with Crippen molar-refractivity contribution in [1.29, 1.82) is 0 Å². The Kier molecular flexibility index (Phi) is 4.44. The smallest absolute Gasteiger partial charge is 0.221 e. The van der Waals surface area contributed by atoms with E-state index in [0.29, 0.717) is 34.2 Å². The Bertz CT molecular complexity index is 1170. The summed E-state index contributed by atoms with van der Waals surface area (Å²) in [6.07, 6.45) is 1.76. The third kappa shape index (κ3) is 3.51. The van der Waals surface area contributed by atoms with Crippen LogP contribution in [0.1, 0.15) is 25.2 Å². The molecule has 28 heavy (non-hydrogen) atoms. The topological polar surface area (TPSA) is 116 Å². The Morgan fingerprint density at radius 3 is 2.68 bits per heavy atom. The number of aliphatic hydroxyl groups is 1. The Morgan fingerprint density at radius 1 is 1.11 bits per heavy atom. The summed E-state index contributed by atoms with van der Waals surface area (Å²) in [7, 11) is 0. The first-order valence-electron chi connectivity index (χ1n) is 8.62. The fourth-order valence-corrected chi connectivity index (χ4v) is 3.10. The molecular formula is C19H18ClN7O. The molecule has 0 atom stereocenters. The van der Waals surface area contributed by atoms with E-state index in [1.165, 1.54) is 0 Å². The van der Waals surface area contributed by atoms with E-state index in [9.17, 15) is 5.11 Å². The SMILES string of the molecule is CC(C)(O)c1cccc(Cn2cc(-c3nc(N)nc4c(Cl)cccc34)nn2)n1. The molecule has 142 valence electrons. The minimum absolute atomic E-state index is 0.115. The highest BCUT2D eigenvalue weighted by Gasteiger charge is 2.18. The highest BCUT2D eigenvalue weighted by atomic mass is 35.5. The maximum Gasteiger partial charge on any atom is 0.221 e. The summed E-state index contributed by atoms with van der Waals surface area (Å²) in [6.45, 7) is 3.79. The van der Waals surface area contributed by atoms with Crippen LogP contribution in [0, 0.1) is 0 Å². The molecule has 0 radical (unpaired) electrons. The monoisotopic (exact) mass is 395 g/mol. The number of nitrogen functional groups attached to an aromatic ring is 1. The van der Waals surface area contributed by atoms with E-state index in [1.807, 2.05) is 24.3 Å². The number of rotatable bonds is 4. The van der Waals surface area contributed by atoms with Gasteiger partial charge in [0.15, 0.2) is 0 Å². The lowest BCUT2D eigenvalue weighted by atomic mass is 10.0. The zero-order valence-corrected chi connectivity index (χ0v) is 16.1. The molecule has 0 aliphatic carbocycles. The summed E-state index contributed by atoms with van der Waals surface area (Å²) in [6, 6.07) is 10.9. The average Bonchev–Trinajstić information content (AvgIpc) is 3.10. The lowest BCUT2D eigenvalue weighted by molar-refractivity contribution is 0.0736. The van der Waals surface area contributed by atoms with Crippen molar-refractivity contribution in [3.05, 3.63) is 59.0 Å². The van der Waals surface area contributed by atoms with Crippen LogP contribution in [0.4, 0.5) is 5.95 Å². The number of hydrogen-bond acceptors (Lipinski definition) is 7. The van der Waals surface area contributed by atoms with Crippen molar-refractivity contribution >= 4 is 28.5 Å². The second-order valence-corrected chi connectivity index (χ2v) is 7.35. The highest BCUT2D eigenvalue weighted by Crippen LogP contribution is 2.29. The second kappa shape index (κ2) is 6.81. The zero-order chi connectivity index (χ0) is 19.9. The zero-order valence-electron chi connectivity index (χ0n) is 15.3. The van der Waals surface area contributed by atoms with Gasteiger partial charge in [0, 0.05) is 5.39 Å². The van der Waals surface area contributed by atoms with Gasteiger partial charge in [-0.25, -0.2) is 14.6 Å². The van der Waals surface area contributed by atoms with Gasteiger partial charge in [-0.15, -0.1) is 5.10 Å². The van der Waals surface area contributed by atoms with Crippen LogP contribution in [-0.4, -0.2) is 35.1 Å². The molecule has 3 aromatic heterocycles. The van der Waals surface area contributed by atoms with E-state index in [1.54, 1.807) is 36.9 Å². The number of hydrogen-bond donors (Lipinski definition) is 2. The van der Waals surface area contributed by atoms with Crippen molar-refractivity contribution in [1.82, 2.24) is 29.9 Å². The number of halogens is 1. The van der Waals surface area contributed by atoms with Crippen LogP contribution in [0.5, 0.6) is 0 Å². The predicted octanol–water partition coefficient (Wildman–Crippen LogP) is 2.79. The van der Waals surface area contributed by atoms with E-state index in [-0.39, 0.29) is 5.95 Å². The summed E-state index contributed by atoms with van der Waals surface area (Å²) < 4.78 is 1.65. The lowest BCUT2D eigenvalue weighted by Crippen LogP contribution is -2.18. The molecule has 0 amide bonds. The number of nitrogens with two attached hydrogens (primary N) is 1. The summed E-state index contributed by atoms with van der Waals surface area (Å²) in [5.41, 5.74) is 7.87. The van der Waals surface area contributed by atoms with Crippen molar-refractivity contribution in [2.24, 2.45) is 0 Å². The summed E-state index contributed by atoms with van der Waals surface area (Å²) >= 11 is 6.24. The lowest BCUT2D eigenvalue weighted by Gasteiger charge is -2.17. The molecule has 0 saturated carbocycles. The van der Waals surface area contributed by atoms with Crippen LogP contribution in [0.3, 0.4) is 0 Å². The van der Waals surface area contributed by atoms with Crippen LogP contribution in [-0.2, 0) is 12.1 Å². The van der Waals surface area contributed by atoms with Crippen molar-refractivity contribution in [3.8, 4) is 11.4 Å². The standard InChI is InChI=1S/C19H18ClN7O/c1-19(2,28)15-8-3-5-11(22-15)9-27-10-14(25-26-27)17-12-6-4-7-13(20)16(12)23-18(21)24-17/h3-8,10,28H,9H2,1-2H3,(H2,21,23,24). The molecule has 3 N–H and O–H groups in total. The van der Waals surface area contributed by atoms with Crippen LogP contribution in [0.2, 0.25) is 5.02 Å². The van der Waals surface area contributed by atoms with Crippen LogP contribution in [0.25, 0.3) is 22.3 Å². The number of para-hydroxylation sites is 1. The Hall–Kier alpha value is -3.10. The van der Waals surface area contributed by atoms with E-state index >= 15 is 0 Å². The van der Waals surface area contributed by atoms with Gasteiger partial charge in [0.1, 0.15) is 17.0 Å². The van der Waals surface area contributed by atoms with Gasteiger partial charge in [-0.1, -0.05) is 35.0 Å². The maximum absolute atomic E-state index is 10.1. The van der Waals surface area contributed by atoms with Gasteiger partial charge < -0.3 is 10.8 Å². The minimum atomic E-state index is -1.01. The fraction of sp³-hybridized carbons (Fsp3) is 0.211. The molecule has 3 heterocycles. The molecule has 0 aliphatic heterocycles. The second-order valence-electron chi connectivity index (χ2n) is 6.94. The molecule has 8 nitrogen and oxygen atoms in total. The number of pyridine rings is 1. The Balaban J connectivity index is 1.70. The van der Waals surface area contributed by atoms with Gasteiger partial charge in [0.25, 0.3) is 0 Å². The first-order chi connectivity index (χ1) is 13.3. The summed E-state index contributed by atoms with van der Waals surface area (Å²) in [5.74, 6) is 0.115. The third-order valence-corrected chi connectivity index (χ3v) is 4.54. The van der Waals surface area contributed by atoms with Crippen molar-refractivity contribution in [3.63, 3.8) is 0 Å². The molecule has 0 aliphatic rings. The quantitative estimate of drug-likeness (QED) is 0.545. The average molecular weight is 396 g/mol. The van der Waals surface area contributed by atoms with Gasteiger partial charge in [-0.3, -0.25) is 4.98 Å². The molecule has 0 spiro atoms. The van der Waals surface area contributed by atoms with Crippen molar-refractivity contribution in [2.75, 3.05) is 5.73 Å². The minimum Gasteiger partial charge on any atom is -0.384 e. The molecule has 0 bridgehead atoms. The van der Waals surface area contributed by atoms with E-state index in [2.05, 4.69) is 25.3 Å². The van der Waals surface area contributed by atoms with Gasteiger partial charge in [-0.2, -0.15) is 0 Å². The molecule has 0 fully saturated rings. The van der Waals surface area contributed by atoms with Gasteiger partial charge in [0.05, 0.1) is 34.7 Å². The van der Waals surface area contributed by atoms with Gasteiger partial charge in [-0.05, 0) is 32.0 Å². The molecule has 1 aromatic carbocycles. The first kappa shape index (κ1) is 18.3. The fourth-order valence-electron chi connectivity index (χ4n) is 2.89. The molecule has 0 saturated heterocycles. The summed E-state index contributed by atoms with van der Waals surface area (Å²) in [5, 5.41) is 19.8. The number of benzene rings is 1. The normalized spacial score (nSPS) is 11.9. The van der Waals surface area contributed by atoms with Crippen molar-refractivity contribution in [2.45, 2.75) is 26.0 Å². The molecule has 0 unspecified atom stereocenters. The number of anilines is 1. The van der Waals surface area contributed by atoms with E-state index < -0.39 is 5.60 Å². The van der Waals surface area contributed by atoms with Gasteiger partial charge in [0.2, 0.25) is 5.95 Å². The third-order valence-electron chi connectivity index (χ3n) is 4.23.